The molecule has 0 aromatic rings. The molecule has 5 heteroatoms. The van der Waals surface area contributed by atoms with Crippen LogP contribution in [0.4, 0.5) is 4.79 Å². The molecule has 0 aliphatic rings. The average Bonchev–Trinajstić information content (AvgIpc) is 2.22. The Hall–Kier alpha value is -1.70. The van der Waals surface area contributed by atoms with Crippen LogP contribution >= 0.6 is 0 Å². The lowest BCUT2D eigenvalue weighted by molar-refractivity contribution is -0.147. The summed E-state index contributed by atoms with van der Waals surface area (Å²) in [6.07, 6.45) is 4.56. The Labute approximate surface area is 115 Å². The first-order valence-electron chi connectivity index (χ1n) is 6.25. The number of esters is 1. The fourth-order valence-electron chi connectivity index (χ4n) is 1.11. The summed E-state index contributed by atoms with van der Waals surface area (Å²) < 4.78 is 10.1. The summed E-state index contributed by atoms with van der Waals surface area (Å²) in [7, 11) is 0. The zero-order valence-corrected chi connectivity index (χ0v) is 12.3. The van der Waals surface area contributed by atoms with Crippen molar-refractivity contribution in [3.63, 3.8) is 0 Å². The van der Waals surface area contributed by atoms with Crippen LogP contribution < -0.4 is 5.32 Å². The van der Waals surface area contributed by atoms with Gasteiger partial charge in [-0.1, -0.05) is 13.8 Å². The third kappa shape index (κ3) is 8.95. The molecule has 1 N–H and O–H groups in total. The molecular formula is C14H23NO4. The largest absolute Gasteiger partial charge is 0.464 e. The summed E-state index contributed by atoms with van der Waals surface area (Å²) in [4.78, 5) is 23.3. The van der Waals surface area contributed by atoms with Crippen LogP contribution in [0.15, 0.2) is 0 Å². The highest BCUT2D eigenvalue weighted by molar-refractivity contribution is 5.81. The van der Waals surface area contributed by atoms with Gasteiger partial charge in [0.1, 0.15) is 11.6 Å². The van der Waals surface area contributed by atoms with Crippen molar-refractivity contribution in [1.29, 1.82) is 0 Å². The van der Waals surface area contributed by atoms with E-state index in [1.54, 1.807) is 20.8 Å². The minimum Gasteiger partial charge on any atom is -0.464 e. The van der Waals surface area contributed by atoms with Gasteiger partial charge in [-0.3, -0.25) is 0 Å². The third-order valence-electron chi connectivity index (χ3n) is 1.86. The number of nitrogens with one attached hydrogen (secondary N) is 1. The van der Waals surface area contributed by atoms with E-state index in [0.29, 0.717) is 0 Å². The lowest BCUT2D eigenvalue weighted by Gasteiger charge is -2.22. The van der Waals surface area contributed by atoms with Gasteiger partial charge in [0.05, 0.1) is 6.61 Å². The molecule has 0 fully saturated rings. The van der Waals surface area contributed by atoms with Crippen molar-refractivity contribution in [1.82, 2.24) is 5.32 Å². The van der Waals surface area contributed by atoms with Crippen LogP contribution in [-0.4, -0.2) is 30.3 Å². The highest BCUT2D eigenvalue weighted by Crippen LogP contribution is 2.07. The second kappa shape index (κ2) is 7.67. The maximum absolute atomic E-state index is 11.8. The Balaban J connectivity index is 4.44. The van der Waals surface area contributed by atoms with Gasteiger partial charge in [-0.2, -0.15) is 0 Å². The fraction of sp³-hybridized carbons (Fsp3) is 0.714. The lowest BCUT2D eigenvalue weighted by Crippen LogP contribution is -2.44. The molecule has 0 saturated heterocycles. The van der Waals surface area contributed by atoms with Gasteiger partial charge in [0.2, 0.25) is 0 Å². The molecule has 5 nitrogen and oxygen atoms in total. The van der Waals surface area contributed by atoms with Crippen LogP contribution in [0.3, 0.4) is 0 Å². The van der Waals surface area contributed by atoms with E-state index < -0.39 is 23.7 Å². The van der Waals surface area contributed by atoms with Crippen LogP contribution in [-0.2, 0) is 14.3 Å². The fourth-order valence-corrected chi connectivity index (χ4v) is 1.11. The highest BCUT2D eigenvalue weighted by atomic mass is 16.6. The van der Waals surface area contributed by atoms with E-state index in [1.807, 2.05) is 13.8 Å². The molecule has 0 heterocycles. The first-order valence-corrected chi connectivity index (χ1v) is 6.25. The van der Waals surface area contributed by atoms with Crippen LogP contribution in [0.1, 0.15) is 41.0 Å². The van der Waals surface area contributed by atoms with Crippen molar-refractivity contribution in [2.45, 2.75) is 52.7 Å². The monoisotopic (exact) mass is 269 g/mol. The van der Waals surface area contributed by atoms with Crippen molar-refractivity contribution in [2.75, 3.05) is 6.61 Å². The maximum atomic E-state index is 11.8. The summed E-state index contributed by atoms with van der Waals surface area (Å²) in [6, 6.07) is -0.876. The average molecular weight is 269 g/mol. The number of amides is 1. The molecule has 1 unspecified atom stereocenters. The van der Waals surface area contributed by atoms with Crippen molar-refractivity contribution in [3.05, 3.63) is 0 Å². The number of rotatable bonds is 5. The van der Waals surface area contributed by atoms with Crippen LogP contribution in [0.25, 0.3) is 0 Å². The number of carbonyl (C=O) groups excluding carboxylic acids is 2. The smallest absolute Gasteiger partial charge is 0.408 e. The molecular weight excluding hydrogens is 246 g/mol. The number of carbonyl (C=O) groups is 2. The summed E-state index contributed by atoms with van der Waals surface area (Å²) in [5, 5.41) is 2.42. The van der Waals surface area contributed by atoms with Gasteiger partial charge in [-0.05, 0) is 26.7 Å². The molecule has 0 aromatic carbocycles. The molecule has 0 rings (SSSR count). The number of hydrogen-bond donors (Lipinski definition) is 1. The van der Waals surface area contributed by atoms with Crippen molar-refractivity contribution < 1.29 is 19.1 Å². The van der Waals surface area contributed by atoms with Crippen molar-refractivity contribution in [2.24, 2.45) is 5.92 Å². The molecule has 0 aliphatic carbocycles. The Bertz CT molecular complexity index is 349. The lowest BCUT2D eigenvalue weighted by atomic mass is 10.2. The van der Waals surface area contributed by atoms with Crippen molar-refractivity contribution >= 4 is 12.1 Å². The number of hydrogen-bond acceptors (Lipinski definition) is 4. The van der Waals surface area contributed by atoms with Gasteiger partial charge in [0.15, 0.2) is 0 Å². The van der Waals surface area contributed by atoms with E-state index in [2.05, 4.69) is 11.2 Å². The predicted octanol–water partition coefficient (Wildman–Crippen LogP) is 2.10. The van der Waals surface area contributed by atoms with Gasteiger partial charge >= 0.3 is 12.1 Å². The summed E-state index contributed by atoms with van der Waals surface area (Å²) in [5.74, 6) is 2.01. The molecule has 0 radical (unpaired) electrons. The quantitative estimate of drug-likeness (QED) is 0.613. The Morgan fingerprint density at radius 2 is 1.89 bits per heavy atom. The van der Waals surface area contributed by atoms with Gasteiger partial charge in [0.25, 0.3) is 0 Å². The molecule has 0 saturated carbocycles. The molecule has 1 amide bonds. The minimum absolute atomic E-state index is 0.0656. The molecule has 0 aliphatic heterocycles. The first kappa shape index (κ1) is 17.3. The van der Waals surface area contributed by atoms with E-state index in [0.717, 1.165) is 0 Å². The molecule has 0 aromatic heterocycles. The van der Waals surface area contributed by atoms with E-state index in [4.69, 9.17) is 15.9 Å². The Kier molecular flexibility index (Phi) is 6.99. The Morgan fingerprint density at radius 1 is 1.32 bits per heavy atom. The van der Waals surface area contributed by atoms with Crippen LogP contribution in [0, 0.1) is 18.3 Å². The normalized spacial score (nSPS) is 12.5. The summed E-state index contributed by atoms with van der Waals surface area (Å²) in [6.45, 7) is 9.34. The van der Waals surface area contributed by atoms with E-state index in [9.17, 15) is 9.59 Å². The highest BCUT2D eigenvalue weighted by Gasteiger charge is 2.24. The predicted molar refractivity (Wildman–Crippen MR) is 72.4 cm³/mol. The van der Waals surface area contributed by atoms with E-state index in [1.165, 1.54) is 0 Å². The molecule has 108 valence electrons. The van der Waals surface area contributed by atoms with Crippen LogP contribution in [0.2, 0.25) is 0 Å². The zero-order valence-electron chi connectivity index (χ0n) is 12.3. The SMILES string of the molecule is C#CCC(NC(=O)OC(C)(C)C)C(=O)OCC(C)C. The zero-order chi connectivity index (χ0) is 15.1. The number of terminal acetylenes is 1. The standard InChI is InChI=1S/C14H23NO4/c1-7-8-11(12(16)18-9-10(2)3)15-13(17)19-14(4,5)6/h1,10-11H,8-9H2,2-6H3,(H,15,17). The van der Waals surface area contributed by atoms with E-state index >= 15 is 0 Å². The topological polar surface area (TPSA) is 64.6 Å². The maximum Gasteiger partial charge on any atom is 0.408 e. The molecule has 0 spiro atoms. The number of ether oxygens (including phenoxy) is 2. The number of alkyl carbamates (subject to hydrolysis) is 1. The van der Waals surface area contributed by atoms with Gasteiger partial charge in [0, 0.05) is 6.42 Å². The summed E-state index contributed by atoms with van der Waals surface area (Å²) >= 11 is 0. The third-order valence-corrected chi connectivity index (χ3v) is 1.86. The Morgan fingerprint density at radius 3 is 2.32 bits per heavy atom. The van der Waals surface area contributed by atoms with Crippen molar-refractivity contribution in [3.8, 4) is 12.3 Å². The van der Waals surface area contributed by atoms with Gasteiger partial charge in [-0.25, -0.2) is 9.59 Å². The van der Waals surface area contributed by atoms with Crippen LogP contribution in [0.5, 0.6) is 0 Å². The van der Waals surface area contributed by atoms with Gasteiger partial charge < -0.3 is 14.8 Å². The second-order valence-electron chi connectivity index (χ2n) is 5.63. The molecule has 0 bridgehead atoms. The minimum atomic E-state index is -0.876. The first-order chi connectivity index (χ1) is 8.65. The summed E-state index contributed by atoms with van der Waals surface area (Å²) in [5.41, 5.74) is -0.632. The van der Waals surface area contributed by atoms with E-state index in [-0.39, 0.29) is 18.9 Å². The van der Waals surface area contributed by atoms with Gasteiger partial charge in [-0.15, -0.1) is 12.3 Å². The second-order valence-corrected chi connectivity index (χ2v) is 5.63. The molecule has 19 heavy (non-hydrogen) atoms. The molecule has 1 atom stereocenters.